The summed E-state index contributed by atoms with van der Waals surface area (Å²) in [6, 6.07) is 0. The van der Waals surface area contributed by atoms with Crippen LogP contribution in [-0.2, 0) is 4.79 Å². The van der Waals surface area contributed by atoms with Gasteiger partial charge in [-0.15, -0.1) is 0 Å². The molecule has 0 aromatic heterocycles. The number of nitrogens with zero attached hydrogens (tertiary/aromatic N) is 1. The minimum atomic E-state index is -0.208. The van der Waals surface area contributed by atoms with E-state index in [0.717, 1.165) is 12.3 Å². The van der Waals surface area contributed by atoms with Gasteiger partial charge in [0.25, 0.3) is 0 Å². The number of hydrogen-bond acceptors (Lipinski definition) is 2. The molecule has 0 amide bonds. The van der Waals surface area contributed by atoms with E-state index in [4.69, 9.17) is 0 Å². The average molecular weight is 289 g/mol. The van der Waals surface area contributed by atoms with Crippen LogP contribution in [0.4, 0.5) is 0 Å². The Kier molecular flexibility index (Phi) is 9.01. The maximum atomic E-state index is 12.0. The summed E-state index contributed by atoms with van der Waals surface area (Å²) in [6.07, 6.45) is 3.79. The van der Waals surface area contributed by atoms with Crippen molar-refractivity contribution in [1.29, 1.82) is 0 Å². The number of unbranched alkanes of at least 4 members (excludes halogenated alkanes) is 1. The van der Waals surface area contributed by atoms with Crippen molar-refractivity contribution < 1.29 is 9.28 Å². The zero-order valence-corrected chi connectivity index (χ0v) is 14.7. The summed E-state index contributed by atoms with van der Waals surface area (Å²) in [6.45, 7) is 17.7. The van der Waals surface area contributed by atoms with Crippen LogP contribution < -0.4 is 0 Å². The van der Waals surface area contributed by atoms with Crippen LogP contribution in [0.3, 0.4) is 0 Å². The Morgan fingerprint density at radius 2 is 1.63 bits per heavy atom. The van der Waals surface area contributed by atoms with E-state index in [2.05, 4.69) is 20.8 Å². The second kappa shape index (κ2) is 9.02. The summed E-state index contributed by atoms with van der Waals surface area (Å²) in [7, 11) is 0. The van der Waals surface area contributed by atoms with Gasteiger partial charge in [0, 0.05) is 5.41 Å². The molecule has 0 aliphatic heterocycles. The van der Waals surface area contributed by atoms with Crippen LogP contribution in [0, 0.1) is 5.41 Å². The normalized spacial score (nSPS) is 15.3. The van der Waals surface area contributed by atoms with Crippen LogP contribution in [0.2, 0.25) is 0 Å². The van der Waals surface area contributed by atoms with Crippen LogP contribution in [0.15, 0.2) is 0 Å². The van der Waals surface area contributed by atoms with Crippen LogP contribution in [0.5, 0.6) is 0 Å². The molecule has 0 bridgehead atoms. The van der Waals surface area contributed by atoms with Gasteiger partial charge in [-0.3, -0.25) is 4.79 Å². The Balaban J connectivity index is 4.36. The second-order valence-electron chi connectivity index (χ2n) is 6.57. The van der Waals surface area contributed by atoms with Gasteiger partial charge in [0.15, 0.2) is 5.12 Å². The minimum Gasteiger partial charge on any atom is -0.323 e. The summed E-state index contributed by atoms with van der Waals surface area (Å²) >= 11 is 1.53. The number of carbonyl (C=O) groups excluding carboxylic acids is 1. The standard InChI is InChI=1S/C16H34NOS/c1-7-10-12-17(9-3,11-8-2)13-14-19-15(18)16(4,5)6/h7-14H2,1-6H3/q+1. The van der Waals surface area contributed by atoms with Gasteiger partial charge < -0.3 is 4.48 Å². The molecule has 0 saturated carbocycles. The zero-order chi connectivity index (χ0) is 14.9. The monoisotopic (exact) mass is 288 g/mol. The molecule has 1 unspecified atom stereocenters. The van der Waals surface area contributed by atoms with Crippen molar-refractivity contribution in [1.82, 2.24) is 0 Å². The van der Waals surface area contributed by atoms with E-state index in [0.29, 0.717) is 5.12 Å². The van der Waals surface area contributed by atoms with E-state index < -0.39 is 0 Å². The van der Waals surface area contributed by atoms with Crippen LogP contribution in [-0.4, -0.2) is 41.5 Å². The Bertz CT molecular complexity index is 260. The van der Waals surface area contributed by atoms with E-state index in [9.17, 15) is 4.79 Å². The molecule has 19 heavy (non-hydrogen) atoms. The first-order valence-corrected chi connectivity index (χ1v) is 8.82. The van der Waals surface area contributed by atoms with E-state index >= 15 is 0 Å². The SMILES string of the molecule is CCCC[N+](CC)(CCC)CCSC(=O)C(C)(C)C. The molecule has 1 atom stereocenters. The number of thioether (sulfide) groups is 1. The fourth-order valence-electron chi connectivity index (χ4n) is 2.33. The molecule has 0 spiro atoms. The van der Waals surface area contributed by atoms with Gasteiger partial charge in [-0.25, -0.2) is 0 Å². The second-order valence-corrected chi connectivity index (χ2v) is 7.64. The number of hydrogen-bond donors (Lipinski definition) is 0. The lowest BCUT2D eigenvalue weighted by Gasteiger charge is -2.38. The molecule has 0 aliphatic carbocycles. The number of rotatable bonds is 9. The van der Waals surface area contributed by atoms with Gasteiger partial charge in [0.05, 0.1) is 31.9 Å². The Morgan fingerprint density at radius 1 is 1.00 bits per heavy atom. The minimum absolute atomic E-state index is 0.208. The van der Waals surface area contributed by atoms with Crippen LogP contribution >= 0.6 is 11.8 Å². The van der Waals surface area contributed by atoms with Crippen molar-refractivity contribution in [3.63, 3.8) is 0 Å². The third-order valence-electron chi connectivity index (χ3n) is 3.77. The van der Waals surface area contributed by atoms with Crippen molar-refractivity contribution in [2.24, 2.45) is 5.41 Å². The van der Waals surface area contributed by atoms with Crippen molar-refractivity contribution in [3.8, 4) is 0 Å². The lowest BCUT2D eigenvalue weighted by atomic mass is 10.00. The maximum Gasteiger partial charge on any atom is 0.194 e. The van der Waals surface area contributed by atoms with E-state index in [1.807, 2.05) is 20.8 Å². The average Bonchev–Trinajstić information content (AvgIpc) is 2.34. The zero-order valence-electron chi connectivity index (χ0n) is 13.9. The smallest absolute Gasteiger partial charge is 0.194 e. The fourth-order valence-corrected chi connectivity index (χ4v) is 3.42. The molecule has 0 aliphatic rings. The summed E-state index contributed by atoms with van der Waals surface area (Å²) in [5, 5.41) is 0.327. The molecule has 0 rings (SSSR count). The molecule has 0 N–H and O–H groups in total. The van der Waals surface area contributed by atoms with Crippen molar-refractivity contribution in [3.05, 3.63) is 0 Å². The summed E-state index contributed by atoms with van der Waals surface area (Å²) in [4.78, 5) is 12.0. The molecule has 0 saturated heterocycles. The van der Waals surface area contributed by atoms with Gasteiger partial charge in [-0.2, -0.15) is 0 Å². The van der Waals surface area contributed by atoms with Crippen LogP contribution in [0.25, 0.3) is 0 Å². The molecular weight excluding hydrogens is 254 g/mol. The summed E-state index contributed by atoms with van der Waals surface area (Å²) < 4.78 is 1.19. The quantitative estimate of drug-likeness (QED) is 0.587. The van der Waals surface area contributed by atoms with E-state index in [1.165, 1.54) is 55.1 Å². The van der Waals surface area contributed by atoms with Crippen molar-refractivity contribution in [2.45, 2.75) is 60.8 Å². The predicted molar refractivity (Wildman–Crippen MR) is 87.5 cm³/mol. The first kappa shape index (κ1) is 19.0. The van der Waals surface area contributed by atoms with E-state index in [-0.39, 0.29) is 5.41 Å². The van der Waals surface area contributed by atoms with E-state index in [1.54, 1.807) is 0 Å². The number of carbonyl (C=O) groups is 1. The first-order valence-electron chi connectivity index (χ1n) is 7.83. The van der Waals surface area contributed by atoms with Crippen molar-refractivity contribution in [2.75, 3.05) is 31.9 Å². The molecule has 0 aromatic carbocycles. The summed E-state index contributed by atoms with van der Waals surface area (Å²) in [5.74, 6) is 0.966. The molecule has 0 fully saturated rings. The van der Waals surface area contributed by atoms with Gasteiger partial charge in [-0.1, -0.05) is 52.8 Å². The maximum absolute atomic E-state index is 12.0. The first-order chi connectivity index (χ1) is 8.81. The molecule has 2 nitrogen and oxygen atoms in total. The highest BCUT2D eigenvalue weighted by Crippen LogP contribution is 2.23. The lowest BCUT2D eigenvalue weighted by Crippen LogP contribution is -2.50. The van der Waals surface area contributed by atoms with Gasteiger partial charge in [0.2, 0.25) is 0 Å². The third-order valence-corrected chi connectivity index (χ3v) is 5.03. The molecule has 0 radical (unpaired) electrons. The highest BCUT2D eigenvalue weighted by atomic mass is 32.2. The summed E-state index contributed by atoms with van der Waals surface area (Å²) in [5.41, 5.74) is -0.208. The topological polar surface area (TPSA) is 17.1 Å². The Labute approximate surface area is 124 Å². The lowest BCUT2D eigenvalue weighted by molar-refractivity contribution is -0.924. The Hall–Kier alpha value is -0.0200. The van der Waals surface area contributed by atoms with Gasteiger partial charge in [0.1, 0.15) is 0 Å². The fraction of sp³-hybridized carbons (Fsp3) is 0.938. The molecular formula is C16H34NOS+. The van der Waals surface area contributed by atoms with Crippen molar-refractivity contribution >= 4 is 16.9 Å². The van der Waals surface area contributed by atoms with Gasteiger partial charge in [-0.05, 0) is 19.8 Å². The molecule has 0 heterocycles. The molecule has 114 valence electrons. The molecule has 0 aromatic rings. The highest BCUT2D eigenvalue weighted by molar-refractivity contribution is 8.13. The van der Waals surface area contributed by atoms with Crippen LogP contribution in [0.1, 0.15) is 60.8 Å². The largest absolute Gasteiger partial charge is 0.323 e. The highest BCUT2D eigenvalue weighted by Gasteiger charge is 2.26. The predicted octanol–water partition coefficient (Wildman–Crippen LogP) is 4.34. The molecule has 3 heteroatoms. The Morgan fingerprint density at radius 3 is 2.05 bits per heavy atom. The van der Waals surface area contributed by atoms with Gasteiger partial charge >= 0.3 is 0 Å². The third kappa shape index (κ3) is 7.36. The number of quaternary nitrogens is 1.